The van der Waals surface area contributed by atoms with E-state index in [0.717, 1.165) is 12.1 Å². The molecule has 2 amide bonds. The maximum atomic E-state index is 13.1. The molecule has 1 N–H and O–H groups in total. The van der Waals surface area contributed by atoms with Crippen LogP contribution in [0.4, 0.5) is 10.1 Å². The van der Waals surface area contributed by atoms with E-state index >= 15 is 0 Å². The molecule has 0 unspecified atom stereocenters. The van der Waals surface area contributed by atoms with Crippen LogP contribution in [0.1, 0.15) is 28.8 Å². The second-order valence-electron chi connectivity index (χ2n) is 5.51. The summed E-state index contributed by atoms with van der Waals surface area (Å²) in [5.74, 6) is -0.489. The van der Waals surface area contributed by atoms with Crippen molar-refractivity contribution < 1.29 is 14.0 Å². The fraction of sp³-hybridized carbons (Fsp3) is 0.222. The zero-order valence-corrected chi connectivity index (χ0v) is 12.6. The van der Waals surface area contributed by atoms with Gasteiger partial charge in [-0.2, -0.15) is 0 Å². The number of nitrogens with zero attached hydrogens (tertiary/aromatic N) is 1. The fourth-order valence-corrected chi connectivity index (χ4v) is 2.67. The molecule has 0 spiro atoms. The molecule has 0 radical (unpaired) electrons. The molecule has 1 aliphatic rings. The summed E-state index contributed by atoms with van der Waals surface area (Å²) in [6.45, 7) is 0.941. The molecule has 3 rings (SSSR count). The number of benzene rings is 2. The van der Waals surface area contributed by atoms with Gasteiger partial charge >= 0.3 is 0 Å². The van der Waals surface area contributed by atoms with Crippen LogP contribution in [0, 0.1) is 5.82 Å². The molecule has 4 nitrogen and oxygen atoms in total. The molecule has 0 saturated carbocycles. The average molecular weight is 312 g/mol. The molecule has 23 heavy (non-hydrogen) atoms. The van der Waals surface area contributed by atoms with Crippen LogP contribution >= 0.6 is 0 Å². The SMILES string of the molecule is O=C(NCc1cccc(F)c1)c1cccc(N2CCCC2=O)c1. The van der Waals surface area contributed by atoms with E-state index in [4.69, 9.17) is 0 Å². The highest BCUT2D eigenvalue weighted by Gasteiger charge is 2.22. The van der Waals surface area contributed by atoms with Gasteiger partial charge in [0.2, 0.25) is 5.91 Å². The lowest BCUT2D eigenvalue weighted by molar-refractivity contribution is -0.117. The third kappa shape index (κ3) is 3.56. The third-order valence-electron chi connectivity index (χ3n) is 3.84. The number of carbonyl (C=O) groups excluding carboxylic acids is 2. The summed E-state index contributed by atoms with van der Waals surface area (Å²) in [6, 6.07) is 13.1. The highest BCUT2D eigenvalue weighted by Crippen LogP contribution is 2.22. The molecule has 1 saturated heterocycles. The molecule has 0 atom stereocenters. The van der Waals surface area contributed by atoms with Gasteiger partial charge in [-0.25, -0.2) is 4.39 Å². The van der Waals surface area contributed by atoms with Crippen molar-refractivity contribution >= 4 is 17.5 Å². The van der Waals surface area contributed by atoms with Gasteiger partial charge in [0.15, 0.2) is 0 Å². The Labute approximate surface area is 133 Å². The van der Waals surface area contributed by atoms with Crippen molar-refractivity contribution in [2.24, 2.45) is 0 Å². The predicted molar refractivity (Wildman–Crippen MR) is 85.6 cm³/mol. The van der Waals surface area contributed by atoms with Crippen LogP contribution in [0.5, 0.6) is 0 Å². The van der Waals surface area contributed by atoms with E-state index in [9.17, 15) is 14.0 Å². The van der Waals surface area contributed by atoms with Gasteiger partial charge in [-0.3, -0.25) is 9.59 Å². The Bertz CT molecular complexity index is 745. The Morgan fingerprint density at radius 1 is 1.17 bits per heavy atom. The van der Waals surface area contributed by atoms with Crippen molar-refractivity contribution in [2.45, 2.75) is 19.4 Å². The first-order valence-electron chi connectivity index (χ1n) is 7.56. The predicted octanol–water partition coefficient (Wildman–Crippen LogP) is 2.88. The second kappa shape index (κ2) is 6.60. The maximum Gasteiger partial charge on any atom is 0.251 e. The molecule has 2 aromatic rings. The topological polar surface area (TPSA) is 49.4 Å². The standard InChI is InChI=1S/C18H17FN2O2/c19-15-6-1-4-13(10-15)12-20-18(23)14-5-2-7-16(11-14)21-9-3-8-17(21)22/h1-2,4-7,10-11H,3,8-9,12H2,(H,20,23). The van der Waals surface area contributed by atoms with Crippen LogP contribution in [0.25, 0.3) is 0 Å². The fourth-order valence-electron chi connectivity index (χ4n) is 2.67. The first kappa shape index (κ1) is 15.2. The summed E-state index contributed by atoms with van der Waals surface area (Å²) < 4.78 is 13.1. The van der Waals surface area contributed by atoms with E-state index in [0.29, 0.717) is 24.1 Å². The molecule has 1 heterocycles. The molecule has 0 aromatic heterocycles. The first-order valence-corrected chi connectivity index (χ1v) is 7.56. The zero-order valence-electron chi connectivity index (χ0n) is 12.6. The summed E-state index contributed by atoms with van der Waals surface area (Å²) in [7, 11) is 0. The lowest BCUT2D eigenvalue weighted by atomic mass is 10.1. The van der Waals surface area contributed by atoms with Gasteiger partial charge < -0.3 is 10.2 Å². The van der Waals surface area contributed by atoms with E-state index in [1.165, 1.54) is 12.1 Å². The third-order valence-corrected chi connectivity index (χ3v) is 3.84. The van der Waals surface area contributed by atoms with E-state index in [1.807, 2.05) is 6.07 Å². The lowest BCUT2D eigenvalue weighted by Crippen LogP contribution is -2.25. The van der Waals surface area contributed by atoms with Crippen LogP contribution in [-0.4, -0.2) is 18.4 Å². The number of hydrogen-bond donors (Lipinski definition) is 1. The average Bonchev–Trinajstić information content (AvgIpc) is 2.99. The number of rotatable bonds is 4. The van der Waals surface area contributed by atoms with Crippen LogP contribution in [0.2, 0.25) is 0 Å². The van der Waals surface area contributed by atoms with Crippen LogP contribution in [0.15, 0.2) is 48.5 Å². The van der Waals surface area contributed by atoms with E-state index in [1.54, 1.807) is 35.2 Å². The highest BCUT2D eigenvalue weighted by molar-refractivity contribution is 5.99. The number of halogens is 1. The van der Waals surface area contributed by atoms with Gasteiger partial charge in [-0.15, -0.1) is 0 Å². The minimum absolute atomic E-state index is 0.0855. The normalized spacial score (nSPS) is 14.1. The van der Waals surface area contributed by atoms with E-state index in [-0.39, 0.29) is 24.2 Å². The Morgan fingerprint density at radius 3 is 2.74 bits per heavy atom. The zero-order chi connectivity index (χ0) is 16.2. The van der Waals surface area contributed by atoms with Gasteiger partial charge in [0.1, 0.15) is 5.82 Å². The van der Waals surface area contributed by atoms with Gasteiger partial charge in [0, 0.05) is 30.8 Å². The van der Waals surface area contributed by atoms with Crippen LogP contribution < -0.4 is 10.2 Å². The van der Waals surface area contributed by atoms with Crippen LogP contribution in [0.3, 0.4) is 0 Å². The second-order valence-corrected chi connectivity index (χ2v) is 5.51. The Kier molecular flexibility index (Phi) is 4.37. The van der Waals surface area contributed by atoms with Gasteiger partial charge in [-0.1, -0.05) is 18.2 Å². The van der Waals surface area contributed by atoms with Crippen molar-refractivity contribution in [3.05, 3.63) is 65.5 Å². The van der Waals surface area contributed by atoms with Crippen LogP contribution in [-0.2, 0) is 11.3 Å². The van der Waals surface area contributed by atoms with Crippen molar-refractivity contribution in [3.63, 3.8) is 0 Å². The maximum absolute atomic E-state index is 13.1. The number of anilines is 1. The monoisotopic (exact) mass is 312 g/mol. The highest BCUT2D eigenvalue weighted by atomic mass is 19.1. The van der Waals surface area contributed by atoms with Crippen molar-refractivity contribution in [2.75, 3.05) is 11.4 Å². The molecule has 0 aliphatic carbocycles. The smallest absolute Gasteiger partial charge is 0.251 e. The molecular weight excluding hydrogens is 295 g/mol. The van der Waals surface area contributed by atoms with Gasteiger partial charge in [0.25, 0.3) is 5.91 Å². The molecule has 1 aliphatic heterocycles. The van der Waals surface area contributed by atoms with Crippen molar-refractivity contribution in [1.29, 1.82) is 0 Å². The molecule has 0 bridgehead atoms. The number of hydrogen-bond acceptors (Lipinski definition) is 2. The first-order chi connectivity index (χ1) is 11.1. The number of carbonyl (C=O) groups is 2. The quantitative estimate of drug-likeness (QED) is 0.944. The summed E-state index contributed by atoms with van der Waals surface area (Å²) in [4.78, 5) is 25.7. The van der Waals surface area contributed by atoms with Crippen molar-refractivity contribution in [3.8, 4) is 0 Å². The lowest BCUT2D eigenvalue weighted by Gasteiger charge is -2.16. The minimum Gasteiger partial charge on any atom is -0.348 e. The van der Waals surface area contributed by atoms with Crippen molar-refractivity contribution in [1.82, 2.24) is 5.32 Å². The number of amides is 2. The summed E-state index contributed by atoms with van der Waals surface area (Å²) in [5, 5.41) is 2.76. The Balaban J connectivity index is 1.69. The Morgan fingerprint density at radius 2 is 2.00 bits per heavy atom. The molecule has 5 heteroatoms. The minimum atomic E-state index is -0.328. The number of nitrogens with one attached hydrogen (secondary N) is 1. The van der Waals surface area contributed by atoms with E-state index in [2.05, 4.69) is 5.32 Å². The Hall–Kier alpha value is -2.69. The molecular formula is C18H17FN2O2. The molecule has 118 valence electrons. The molecule has 1 fully saturated rings. The largest absolute Gasteiger partial charge is 0.348 e. The molecule has 2 aromatic carbocycles. The van der Waals surface area contributed by atoms with Gasteiger partial charge in [-0.05, 0) is 42.3 Å². The van der Waals surface area contributed by atoms with Gasteiger partial charge in [0.05, 0.1) is 0 Å². The summed E-state index contributed by atoms with van der Waals surface area (Å²) in [6.07, 6.45) is 1.39. The summed E-state index contributed by atoms with van der Waals surface area (Å²) >= 11 is 0. The summed E-state index contributed by atoms with van der Waals surface area (Å²) in [5.41, 5.74) is 1.92. The van der Waals surface area contributed by atoms with E-state index < -0.39 is 0 Å².